The molecule has 3 aromatic rings. The van der Waals surface area contributed by atoms with Crippen LogP contribution in [0.15, 0.2) is 42.9 Å². The van der Waals surface area contributed by atoms with Crippen molar-refractivity contribution in [2.24, 2.45) is 0 Å². The lowest BCUT2D eigenvalue weighted by atomic mass is 10.1. The fraction of sp³-hybridized carbons (Fsp3) is 0.429. The molecule has 1 amide bonds. The number of ether oxygens (including phenoxy) is 1. The van der Waals surface area contributed by atoms with Gasteiger partial charge in [-0.2, -0.15) is 0 Å². The molecule has 0 unspecified atom stereocenters. The Kier molecular flexibility index (Phi) is 4.95. The van der Waals surface area contributed by atoms with Crippen molar-refractivity contribution in [2.45, 2.75) is 18.9 Å². The Morgan fingerprint density at radius 2 is 2.03 bits per heavy atom. The first-order valence-corrected chi connectivity index (χ1v) is 10.1. The van der Waals surface area contributed by atoms with Gasteiger partial charge in [0.2, 0.25) is 0 Å². The number of carbonyl (C=O) groups excluding carboxylic acids is 1. The molecule has 2 fully saturated rings. The molecule has 3 aromatic heterocycles. The molecule has 0 aliphatic carbocycles. The Bertz CT molecular complexity index is 999. The van der Waals surface area contributed by atoms with E-state index in [1.807, 2.05) is 39.9 Å². The number of nitrogens with zero attached hydrogens (tertiary/aromatic N) is 6. The van der Waals surface area contributed by atoms with E-state index in [0.29, 0.717) is 37.8 Å². The number of hydrogen-bond acceptors (Lipinski definition) is 6. The summed E-state index contributed by atoms with van der Waals surface area (Å²) in [5, 5.41) is 8.79. The maximum atomic E-state index is 12.9. The molecule has 1 atom stereocenters. The normalized spacial score (nSPS) is 20.4. The minimum atomic E-state index is 0.0412. The van der Waals surface area contributed by atoms with E-state index < -0.39 is 0 Å². The molecule has 8 nitrogen and oxygen atoms in total. The lowest BCUT2D eigenvalue weighted by Crippen LogP contribution is -2.40. The smallest absolute Gasteiger partial charge is 0.255 e. The first-order valence-electron chi connectivity index (χ1n) is 10.1. The van der Waals surface area contributed by atoms with Gasteiger partial charge in [0.1, 0.15) is 5.82 Å². The number of amides is 1. The number of hydrogen-bond donors (Lipinski definition) is 0. The molecule has 0 aromatic carbocycles. The first kappa shape index (κ1) is 18.2. The second-order valence-electron chi connectivity index (χ2n) is 7.69. The van der Waals surface area contributed by atoms with Crippen LogP contribution >= 0.6 is 0 Å². The molecular formula is C21H24N6O2. The number of likely N-dealkylation sites (tertiary alicyclic amines) is 1. The first-order chi connectivity index (χ1) is 14.3. The van der Waals surface area contributed by atoms with Gasteiger partial charge in [0, 0.05) is 50.7 Å². The van der Waals surface area contributed by atoms with Crippen molar-refractivity contribution in [1.29, 1.82) is 0 Å². The molecule has 5 rings (SSSR count). The van der Waals surface area contributed by atoms with Gasteiger partial charge >= 0.3 is 0 Å². The van der Waals surface area contributed by atoms with E-state index in [1.165, 1.54) is 5.56 Å². The van der Waals surface area contributed by atoms with Crippen LogP contribution in [-0.4, -0.2) is 74.7 Å². The Morgan fingerprint density at radius 3 is 2.86 bits per heavy atom. The Hall–Kier alpha value is -2.84. The summed E-state index contributed by atoms with van der Waals surface area (Å²) in [6, 6.07) is 7.81. The van der Waals surface area contributed by atoms with Gasteiger partial charge in [0.15, 0.2) is 5.65 Å². The van der Waals surface area contributed by atoms with Crippen molar-refractivity contribution >= 4 is 11.6 Å². The standard InChI is InChI=1S/C21H24N6O2/c28-21(26-8-10-29-11-9-26)18-3-4-19-23-24-20(27(19)15-18)17-5-7-25(14-17)13-16-2-1-6-22-12-16/h1-4,6,12,15,17H,5,7-11,13-14H2/t17-/m0/s1. The fourth-order valence-corrected chi connectivity index (χ4v) is 4.20. The monoisotopic (exact) mass is 392 g/mol. The van der Waals surface area contributed by atoms with Gasteiger partial charge in [0.25, 0.3) is 5.91 Å². The maximum Gasteiger partial charge on any atom is 0.255 e. The molecule has 0 radical (unpaired) electrons. The Morgan fingerprint density at radius 1 is 1.14 bits per heavy atom. The highest BCUT2D eigenvalue weighted by Gasteiger charge is 2.28. The molecule has 0 saturated carbocycles. The van der Waals surface area contributed by atoms with Gasteiger partial charge in [-0.05, 0) is 36.7 Å². The zero-order chi connectivity index (χ0) is 19.6. The summed E-state index contributed by atoms with van der Waals surface area (Å²) < 4.78 is 7.35. The van der Waals surface area contributed by atoms with Crippen molar-refractivity contribution in [3.05, 3.63) is 59.8 Å². The van der Waals surface area contributed by atoms with Crippen LogP contribution in [0.4, 0.5) is 0 Å². The maximum absolute atomic E-state index is 12.9. The molecule has 8 heteroatoms. The lowest BCUT2D eigenvalue weighted by molar-refractivity contribution is 0.0302. The largest absolute Gasteiger partial charge is 0.378 e. The summed E-state index contributed by atoms with van der Waals surface area (Å²) in [4.78, 5) is 21.3. The third-order valence-electron chi connectivity index (χ3n) is 5.74. The van der Waals surface area contributed by atoms with Gasteiger partial charge in [0.05, 0.1) is 18.8 Å². The van der Waals surface area contributed by atoms with E-state index in [1.54, 1.807) is 6.20 Å². The molecule has 5 heterocycles. The molecule has 0 spiro atoms. The van der Waals surface area contributed by atoms with E-state index in [-0.39, 0.29) is 5.91 Å². The van der Waals surface area contributed by atoms with E-state index in [2.05, 4.69) is 26.1 Å². The summed E-state index contributed by atoms with van der Waals surface area (Å²) in [5.41, 5.74) is 2.67. The molecule has 0 bridgehead atoms. The molecule has 29 heavy (non-hydrogen) atoms. The van der Waals surface area contributed by atoms with Gasteiger partial charge in [-0.1, -0.05) is 6.07 Å². The predicted molar refractivity (Wildman–Crippen MR) is 107 cm³/mol. The highest BCUT2D eigenvalue weighted by molar-refractivity contribution is 5.94. The minimum Gasteiger partial charge on any atom is -0.378 e. The number of morpholine rings is 1. The molecule has 2 aliphatic heterocycles. The number of carbonyl (C=O) groups is 1. The van der Waals surface area contributed by atoms with Gasteiger partial charge < -0.3 is 9.64 Å². The van der Waals surface area contributed by atoms with Gasteiger partial charge in [-0.25, -0.2) is 0 Å². The molecule has 2 saturated heterocycles. The summed E-state index contributed by atoms with van der Waals surface area (Å²) in [6.07, 6.45) is 6.65. The van der Waals surface area contributed by atoms with Crippen LogP contribution in [-0.2, 0) is 11.3 Å². The summed E-state index contributed by atoms with van der Waals surface area (Å²) in [7, 11) is 0. The van der Waals surface area contributed by atoms with Crippen LogP contribution in [0.25, 0.3) is 5.65 Å². The quantitative estimate of drug-likeness (QED) is 0.671. The van der Waals surface area contributed by atoms with Crippen molar-refractivity contribution < 1.29 is 9.53 Å². The second kappa shape index (κ2) is 7.88. The highest BCUT2D eigenvalue weighted by atomic mass is 16.5. The zero-order valence-corrected chi connectivity index (χ0v) is 16.3. The number of fused-ring (bicyclic) bond motifs is 1. The third-order valence-corrected chi connectivity index (χ3v) is 5.74. The summed E-state index contributed by atoms with van der Waals surface area (Å²) in [6.45, 7) is 5.30. The lowest BCUT2D eigenvalue weighted by Gasteiger charge is -2.26. The number of rotatable bonds is 4. The van der Waals surface area contributed by atoms with E-state index in [4.69, 9.17) is 4.74 Å². The Labute approximate surface area is 169 Å². The topological polar surface area (TPSA) is 75.9 Å². The van der Waals surface area contributed by atoms with Crippen molar-refractivity contribution in [2.75, 3.05) is 39.4 Å². The van der Waals surface area contributed by atoms with Crippen molar-refractivity contribution in [1.82, 2.24) is 29.4 Å². The second-order valence-corrected chi connectivity index (χ2v) is 7.69. The third kappa shape index (κ3) is 3.73. The average Bonchev–Trinajstić information content (AvgIpc) is 3.41. The van der Waals surface area contributed by atoms with Crippen LogP contribution in [0, 0.1) is 0 Å². The van der Waals surface area contributed by atoms with E-state index in [0.717, 1.165) is 37.5 Å². The summed E-state index contributed by atoms with van der Waals surface area (Å²) >= 11 is 0. The minimum absolute atomic E-state index is 0.0412. The fourth-order valence-electron chi connectivity index (χ4n) is 4.20. The van der Waals surface area contributed by atoms with Crippen molar-refractivity contribution in [3.8, 4) is 0 Å². The van der Waals surface area contributed by atoms with Crippen molar-refractivity contribution in [3.63, 3.8) is 0 Å². The van der Waals surface area contributed by atoms with E-state index in [9.17, 15) is 4.79 Å². The van der Waals surface area contributed by atoms with Gasteiger partial charge in [-0.15, -0.1) is 10.2 Å². The highest BCUT2D eigenvalue weighted by Crippen LogP contribution is 2.27. The zero-order valence-electron chi connectivity index (χ0n) is 16.3. The number of pyridine rings is 2. The number of aromatic nitrogens is 4. The predicted octanol–water partition coefficient (Wildman–Crippen LogP) is 1.59. The average molecular weight is 392 g/mol. The Balaban J connectivity index is 1.34. The van der Waals surface area contributed by atoms with Gasteiger partial charge in [-0.3, -0.25) is 19.1 Å². The van der Waals surface area contributed by atoms with Crippen LogP contribution in [0.1, 0.15) is 34.1 Å². The summed E-state index contributed by atoms with van der Waals surface area (Å²) in [5.74, 6) is 1.28. The SMILES string of the molecule is O=C(c1ccc2nnc([C@H]3CCN(Cc4cccnc4)C3)n2c1)N1CCOCC1. The van der Waals surface area contributed by atoms with Crippen LogP contribution < -0.4 is 0 Å². The van der Waals surface area contributed by atoms with E-state index >= 15 is 0 Å². The molecule has 2 aliphatic rings. The van der Waals surface area contributed by atoms with Crippen LogP contribution in [0.2, 0.25) is 0 Å². The molecule has 0 N–H and O–H groups in total. The molecular weight excluding hydrogens is 368 g/mol. The molecule has 150 valence electrons. The van der Waals surface area contributed by atoms with Crippen LogP contribution in [0.3, 0.4) is 0 Å². The van der Waals surface area contributed by atoms with Crippen LogP contribution in [0.5, 0.6) is 0 Å².